The molecule has 0 atom stereocenters. The molecule has 0 amide bonds. The standard InChI is InChI=1S/C24H14O14/c25-19(26)9-1-10(20(27)28)4-13(3-9)37-17-7-15(23(33)34)16(24(35)36)8-18(17)38-14-5-11(21(29)30)2-12(6-14)22(31)32/h1-8H,(H,25,26)(H,27,28)(H,29,30)(H,31,32)(H,33,34)(H,35,36). The second kappa shape index (κ2) is 10.4. The van der Waals surface area contributed by atoms with Gasteiger partial charge >= 0.3 is 35.8 Å². The molecule has 0 aliphatic carbocycles. The van der Waals surface area contributed by atoms with Gasteiger partial charge < -0.3 is 40.1 Å². The zero-order valence-corrected chi connectivity index (χ0v) is 18.6. The minimum Gasteiger partial charge on any atom is -0.478 e. The Labute approximate surface area is 210 Å². The van der Waals surface area contributed by atoms with Crippen LogP contribution in [0.5, 0.6) is 23.0 Å². The van der Waals surface area contributed by atoms with E-state index in [2.05, 4.69) is 0 Å². The van der Waals surface area contributed by atoms with Gasteiger partial charge in [-0.3, -0.25) is 0 Å². The Morgan fingerprint density at radius 2 is 0.658 bits per heavy atom. The molecule has 0 aliphatic rings. The molecule has 0 fully saturated rings. The number of ether oxygens (including phenoxy) is 2. The lowest BCUT2D eigenvalue weighted by Gasteiger charge is -2.16. The summed E-state index contributed by atoms with van der Waals surface area (Å²) in [6.07, 6.45) is 0. The van der Waals surface area contributed by atoms with Gasteiger partial charge in [0.2, 0.25) is 0 Å². The van der Waals surface area contributed by atoms with Crippen LogP contribution in [-0.2, 0) is 0 Å². The fourth-order valence-corrected chi connectivity index (χ4v) is 3.14. The molecule has 3 aromatic rings. The molecule has 6 N–H and O–H groups in total. The van der Waals surface area contributed by atoms with Gasteiger partial charge in [-0.25, -0.2) is 28.8 Å². The summed E-state index contributed by atoms with van der Waals surface area (Å²) in [7, 11) is 0. The smallest absolute Gasteiger partial charge is 0.336 e. The highest BCUT2D eigenvalue weighted by Crippen LogP contribution is 2.38. The molecule has 3 aromatic carbocycles. The van der Waals surface area contributed by atoms with Crippen LogP contribution in [0.1, 0.15) is 62.1 Å². The Kier molecular flexibility index (Phi) is 7.28. The van der Waals surface area contributed by atoms with Crippen LogP contribution in [0.3, 0.4) is 0 Å². The second-order valence-corrected chi connectivity index (χ2v) is 7.37. The van der Waals surface area contributed by atoms with E-state index in [0.29, 0.717) is 12.1 Å². The monoisotopic (exact) mass is 526 g/mol. The Balaban J connectivity index is 2.24. The maximum absolute atomic E-state index is 11.7. The first-order valence-corrected chi connectivity index (χ1v) is 10.0. The van der Waals surface area contributed by atoms with Crippen molar-refractivity contribution < 1.29 is 68.9 Å². The summed E-state index contributed by atoms with van der Waals surface area (Å²) in [5.74, 6) is -11.4. The third kappa shape index (κ3) is 5.83. The van der Waals surface area contributed by atoms with Gasteiger partial charge in [-0.1, -0.05) is 0 Å². The molecule has 0 bridgehead atoms. The van der Waals surface area contributed by atoms with Crippen LogP contribution in [0.4, 0.5) is 0 Å². The van der Waals surface area contributed by atoms with Crippen molar-refractivity contribution in [2.45, 2.75) is 0 Å². The molecular formula is C24H14O14. The largest absolute Gasteiger partial charge is 0.478 e. The average molecular weight is 526 g/mol. The van der Waals surface area contributed by atoms with Crippen molar-refractivity contribution in [3.8, 4) is 23.0 Å². The van der Waals surface area contributed by atoms with Crippen molar-refractivity contribution in [3.63, 3.8) is 0 Å². The first kappa shape index (κ1) is 26.7. The molecule has 0 saturated carbocycles. The highest BCUT2D eigenvalue weighted by atomic mass is 16.5. The molecule has 14 nitrogen and oxygen atoms in total. The summed E-state index contributed by atoms with van der Waals surface area (Å²) in [4.78, 5) is 69.0. The molecule has 0 aromatic heterocycles. The van der Waals surface area contributed by atoms with E-state index in [0.717, 1.165) is 36.4 Å². The lowest BCUT2D eigenvalue weighted by atomic mass is 10.1. The van der Waals surface area contributed by atoms with Gasteiger partial charge in [0.15, 0.2) is 11.5 Å². The van der Waals surface area contributed by atoms with E-state index in [4.69, 9.17) is 9.47 Å². The summed E-state index contributed by atoms with van der Waals surface area (Å²) < 4.78 is 11.0. The predicted molar refractivity (Wildman–Crippen MR) is 121 cm³/mol. The van der Waals surface area contributed by atoms with E-state index in [-0.39, 0.29) is 0 Å². The van der Waals surface area contributed by atoms with Gasteiger partial charge in [0.25, 0.3) is 0 Å². The van der Waals surface area contributed by atoms with Crippen LogP contribution in [0, 0.1) is 0 Å². The van der Waals surface area contributed by atoms with Crippen LogP contribution >= 0.6 is 0 Å². The minimum atomic E-state index is -1.70. The van der Waals surface area contributed by atoms with E-state index in [1.165, 1.54) is 0 Å². The number of carboxylic acid groups (broad SMARTS) is 6. The third-order valence-electron chi connectivity index (χ3n) is 4.80. The van der Waals surface area contributed by atoms with Gasteiger partial charge in [-0.2, -0.15) is 0 Å². The first-order chi connectivity index (χ1) is 17.8. The average Bonchev–Trinajstić information content (AvgIpc) is 2.83. The van der Waals surface area contributed by atoms with Gasteiger partial charge in [-0.15, -0.1) is 0 Å². The van der Waals surface area contributed by atoms with Gasteiger partial charge in [0.1, 0.15) is 11.5 Å². The van der Waals surface area contributed by atoms with Crippen molar-refractivity contribution >= 4 is 35.8 Å². The van der Waals surface area contributed by atoms with Crippen molar-refractivity contribution in [2.24, 2.45) is 0 Å². The van der Waals surface area contributed by atoms with E-state index in [1.807, 2.05) is 0 Å². The maximum atomic E-state index is 11.7. The SMILES string of the molecule is O=C(O)c1cc(Oc2cc(C(=O)O)c(C(=O)O)cc2Oc2cc(C(=O)O)cc(C(=O)O)c2)cc(C(=O)O)c1. The molecule has 0 aliphatic heterocycles. The molecule has 0 spiro atoms. The number of hydrogen-bond acceptors (Lipinski definition) is 8. The predicted octanol–water partition coefficient (Wildman–Crippen LogP) is 3.46. The Morgan fingerprint density at radius 1 is 0.395 bits per heavy atom. The second-order valence-electron chi connectivity index (χ2n) is 7.37. The zero-order chi connectivity index (χ0) is 28.3. The van der Waals surface area contributed by atoms with E-state index in [9.17, 15) is 59.4 Å². The Hall–Kier alpha value is -5.92. The van der Waals surface area contributed by atoms with Gasteiger partial charge in [-0.05, 0) is 36.4 Å². The molecule has 0 radical (unpaired) electrons. The summed E-state index contributed by atoms with van der Waals surface area (Å²) in [5, 5.41) is 56.0. The lowest BCUT2D eigenvalue weighted by Crippen LogP contribution is -2.09. The van der Waals surface area contributed by atoms with Crippen LogP contribution in [0.15, 0.2) is 48.5 Å². The number of rotatable bonds is 10. The third-order valence-corrected chi connectivity index (χ3v) is 4.80. The van der Waals surface area contributed by atoms with Crippen LogP contribution in [0.25, 0.3) is 0 Å². The van der Waals surface area contributed by atoms with Gasteiger partial charge in [0, 0.05) is 12.1 Å². The number of aromatic carboxylic acids is 6. The Morgan fingerprint density at radius 3 is 0.868 bits per heavy atom. The zero-order valence-electron chi connectivity index (χ0n) is 18.6. The Bertz CT molecular complexity index is 1360. The summed E-state index contributed by atoms with van der Waals surface area (Å²) in [5.41, 5.74) is -3.63. The number of hydrogen-bond donors (Lipinski definition) is 6. The molecule has 38 heavy (non-hydrogen) atoms. The normalized spacial score (nSPS) is 10.3. The highest BCUT2D eigenvalue weighted by molar-refractivity contribution is 6.03. The summed E-state index contributed by atoms with van der Waals surface area (Å²) in [6, 6.07) is 6.67. The fraction of sp³-hybridized carbons (Fsp3) is 0. The molecule has 0 saturated heterocycles. The van der Waals surface area contributed by atoms with E-state index < -0.39 is 92.2 Å². The van der Waals surface area contributed by atoms with Crippen LogP contribution in [0.2, 0.25) is 0 Å². The quantitative estimate of drug-likeness (QED) is 0.222. The fourth-order valence-electron chi connectivity index (χ4n) is 3.14. The minimum absolute atomic E-state index is 0.419. The molecule has 3 rings (SSSR count). The van der Waals surface area contributed by atoms with Crippen LogP contribution < -0.4 is 9.47 Å². The van der Waals surface area contributed by atoms with E-state index in [1.54, 1.807) is 0 Å². The van der Waals surface area contributed by atoms with Crippen molar-refractivity contribution in [1.29, 1.82) is 0 Å². The van der Waals surface area contributed by atoms with Crippen molar-refractivity contribution in [3.05, 3.63) is 81.9 Å². The highest BCUT2D eigenvalue weighted by Gasteiger charge is 2.24. The van der Waals surface area contributed by atoms with Crippen molar-refractivity contribution in [2.75, 3.05) is 0 Å². The van der Waals surface area contributed by atoms with Crippen molar-refractivity contribution in [1.82, 2.24) is 0 Å². The molecule has 14 heteroatoms. The number of carbonyl (C=O) groups is 6. The first-order valence-electron chi connectivity index (χ1n) is 10.0. The van der Waals surface area contributed by atoms with Crippen LogP contribution in [-0.4, -0.2) is 66.5 Å². The molecular weight excluding hydrogens is 512 g/mol. The number of benzene rings is 3. The molecule has 0 unspecified atom stereocenters. The van der Waals surface area contributed by atoms with Gasteiger partial charge in [0.05, 0.1) is 33.4 Å². The topological polar surface area (TPSA) is 242 Å². The summed E-state index contributed by atoms with van der Waals surface area (Å²) in [6.45, 7) is 0. The van der Waals surface area contributed by atoms with E-state index >= 15 is 0 Å². The maximum Gasteiger partial charge on any atom is 0.336 e. The lowest BCUT2D eigenvalue weighted by molar-refractivity contribution is 0.0651. The summed E-state index contributed by atoms with van der Waals surface area (Å²) >= 11 is 0. The number of carboxylic acids is 6. The molecule has 194 valence electrons. The molecule has 0 heterocycles.